The van der Waals surface area contributed by atoms with Gasteiger partial charge in [-0.1, -0.05) is 0 Å². The lowest BCUT2D eigenvalue weighted by Gasteiger charge is -2.24. The maximum Gasteiger partial charge on any atom is 0.269 e. The van der Waals surface area contributed by atoms with Crippen molar-refractivity contribution in [2.75, 3.05) is 12.3 Å². The van der Waals surface area contributed by atoms with E-state index < -0.39 is 35.5 Å². The van der Waals surface area contributed by atoms with Crippen molar-refractivity contribution in [3.05, 3.63) is 138 Å². The average Bonchev–Trinajstić information content (AvgIpc) is 2.96. The van der Waals surface area contributed by atoms with Gasteiger partial charge in [-0.05, 0) is 97.9 Å². The molecule has 4 aromatic rings. The van der Waals surface area contributed by atoms with E-state index in [2.05, 4.69) is 0 Å². The molecule has 0 aliphatic heterocycles. The minimum atomic E-state index is -1.11. The predicted molar refractivity (Wildman–Crippen MR) is 154 cm³/mol. The minimum Gasteiger partial charge on any atom is -0.258 e. The summed E-state index contributed by atoms with van der Waals surface area (Å²) in [4.78, 5) is 42.8. The average molecular weight is 578 g/mol. The number of nitrogens with zero attached hydrogens (tertiary/aromatic N) is 4. The minimum absolute atomic E-state index is 0.0542. The van der Waals surface area contributed by atoms with E-state index in [0.29, 0.717) is 12.3 Å². The number of nitro benzene ring substituents is 4. The summed E-state index contributed by atoms with van der Waals surface area (Å²) in [7, 11) is -2.21. The molecule has 0 atom stereocenters. The van der Waals surface area contributed by atoms with Crippen molar-refractivity contribution >= 4 is 59.8 Å². The van der Waals surface area contributed by atoms with Crippen molar-refractivity contribution in [1.29, 1.82) is 0 Å². The van der Waals surface area contributed by atoms with E-state index in [0.717, 1.165) is 21.2 Å². The van der Waals surface area contributed by atoms with Crippen LogP contribution >= 0.6 is 15.8 Å². The van der Waals surface area contributed by atoms with Crippen LogP contribution in [-0.4, -0.2) is 32.0 Å². The molecule has 14 heteroatoms. The highest BCUT2D eigenvalue weighted by molar-refractivity contribution is 7.76. The molecule has 0 unspecified atom stereocenters. The van der Waals surface area contributed by atoms with Gasteiger partial charge in [-0.2, -0.15) is 0 Å². The van der Waals surface area contributed by atoms with Crippen LogP contribution < -0.4 is 21.2 Å². The van der Waals surface area contributed by atoms with Gasteiger partial charge in [-0.3, -0.25) is 40.5 Å². The number of rotatable bonds is 11. The first-order valence-electron chi connectivity index (χ1n) is 11.7. The zero-order valence-corrected chi connectivity index (χ0v) is 22.4. The van der Waals surface area contributed by atoms with Gasteiger partial charge in [0, 0.05) is 48.5 Å². The molecule has 4 aromatic carbocycles. The first-order valence-corrected chi connectivity index (χ1v) is 14.7. The fraction of sp³-hybridized carbons (Fsp3) is 0.0769. The van der Waals surface area contributed by atoms with Crippen LogP contribution in [0.1, 0.15) is 0 Å². The molecule has 0 radical (unpaired) electrons. The predicted octanol–water partition coefficient (Wildman–Crippen LogP) is 4.89. The highest BCUT2D eigenvalue weighted by atomic mass is 31.1. The molecule has 0 aromatic heterocycles. The van der Waals surface area contributed by atoms with E-state index in [-0.39, 0.29) is 22.7 Å². The third kappa shape index (κ3) is 6.66. The van der Waals surface area contributed by atoms with Gasteiger partial charge in [-0.25, -0.2) is 0 Å². The number of benzene rings is 4. The fourth-order valence-corrected chi connectivity index (χ4v) is 9.30. The van der Waals surface area contributed by atoms with Gasteiger partial charge in [0.1, 0.15) is 0 Å². The molecule has 0 aliphatic carbocycles. The number of hydrogen-bond donors (Lipinski definition) is 0. The maximum atomic E-state index is 11.2. The van der Waals surface area contributed by atoms with Crippen LogP contribution in [0.2, 0.25) is 0 Å². The Morgan fingerprint density at radius 3 is 0.700 bits per heavy atom. The van der Waals surface area contributed by atoms with Crippen molar-refractivity contribution in [2.45, 2.75) is 0 Å². The normalized spacial score (nSPS) is 10.9. The third-order valence-electron chi connectivity index (χ3n) is 6.04. The summed E-state index contributed by atoms with van der Waals surface area (Å²) in [6, 6.07) is 24.9. The van der Waals surface area contributed by atoms with E-state index in [9.17, 15) is 40.5 Å². The molecule has 4 rings (SSSR count). The summed E-state index contributed by atoms with van der Waals surface area (Å²) in [6.45, 7) is 0. The molecule has 202 valence electrons. The van der Waals surface area contributed by atoms with E-state index in [1.54, 1.807) is 48.5 Å². The van der Waals surface area contributed by atoms with Gasteiger partial charge >= 0.3 is 0 Å². The molecule has 0 saturated heterocycles. The largest absolute Gasteiger partial charge is 0.269 e. The number of nitro groups is 4. The molecule has 0 aliphatic rings. The van der Waals surface area contributed by atoms with Crippen molar-refractivity contribution in [1.82, 2.24) is 0 Å². The van der Waals surface area contributed by atoms with E-state index in [1.165, 1.54) is 48.5 Å². The summed E-state index contributed by atoms with van der Waals surface area (Å²) in [5.41, 5.74) is -0.217. The Kier molecular flexibility index (Phi) is 8.83. The zero-order valence-electron chi connectivity index (χ0n) is 20.6. The van der Waals surface area contributed by atoms with Crippen LogP contribution in [0.3, 0.4) is 0 Å². The van der Waals surface area contributed by atoms with Gasteiger partial charge in [0.15, 0.2) is 0 Å². The van der Waals surface area contributed by atoms with Gasteiger partial charge in [0.05, 0.1) is 19.7 Å². The van der Waals surface area contributed by atoms with E-state index in [4.69, 9.17) is 0 Å². The van der Waals surface area contributed by atoms with Crippen molar-refractivity contribution in [2.24, 2.45) is 0 Å². The summed E-state index contributed by atoms with van der Waals surface area (Å²) >= 11 is 0. The fourth-order valence-electron chi connectivity index (χ4n) is 4.03. The van der Waals surface area contributed by atoms with Crippen LogP contribution in [0.5, 0.6) is 0 Å². The van der Waals surface area contributed by atoms with Crippen LogP contribution in [0.15, 0.2) is 97.1 Å². The van der Waals surface area contributed by atoms with Gasteiger partial charge < -0.3 is 0 Å². The molecular formula is C26H20N4O8P2. The van der Waals surface area contributed by atoms with Gasteiger partial charge in [0.25, 0.3) is 22.7 Å². The molecule has 40 heavy (non-hydrogen) atoms. The SMILES string of the molecule is O=[N+]([O-])c1ccc(P(CCP(c2ccc([N+](=O)[O-])cc2)c2ccc([N+](=O)[O-])cc2)c2ccc([N+](=O)[O-])cc2)cc1. The third-order valence-corrected chi connectivity index (χ3v) is 11.4. The summed E-state index contributed by atoms with van der Waals surface area (Å²) in [5.74, 6) is 0. The highest BCUT2D eigenvalue weighted by Crippen LogP contribution is 2.42. The van der Waals surface area contributed by atoms with Crippen LogP contribution in [0.25, 0.3) is 0 Å². The van der Waals surface area contributed by atoms with Crippen LogP contribution in [-0.2, 0) is 0 Å². The second kappa shape index (κ2) is 12.5. The zero-order chi connectivity index (χ0) is 28.8. The molecule has 0 saturated carbocycles. The first-order chi connectivity index (χ1) is 19.1. The molecule has 0 N–H and O–H groups in total. The van der Waals surface area contributed by atoms with Crippen LogP contribution in [0.4, 0.5) is 22.7 Å². The van der Waals surface area contributed by atoms with E-state index in [1.807, 2.05) is 0 Å². The molecule has 0 fully saturated rings. The standard InChI is InChI=1S/C26H20N4O8P2/c31-27(32)19-1-9-23(10-2-19)39(24-11-3-20(4-12-24)28(33)34)17-18-40(25-13-5-21(6-14-25)29(35)36)26-15-7-22(8-16-26)30(37)38/h1-16H,17-18H2. The Morgan fingerprint density at radius 1 is 0.375 bits per heavy atom. The van der Waals surface area contributed by atoms with Crippen molar-refractivity contribution in [3.63, 3.8) is 0 Å². The summed E-state index contributed by atoms with van der Waals surface area (Å²) < 4.78 is 0. The van der Waals surface area contributed by atoms with Gasteiger partial charge in [0.2, 0.25) is 0 Å². The highest BCUT2D eigenvalue weighted by Gasteiger charge is 2.22. The lowest BCUT2D eigenvalue weighted by atomic mass is 10.3. The van der Waals surface area contributed by atoms with Crippen molar-refractivity contribution in [3.8, 4) is 0 Å². The summed E-state index contributed by atoms with van der Waals surface area (Å²) in [6.07, 6.45) is 1.18. The Hall–Kier alpha value is -4.66. The topological polar surface area (TPSA) is 173 Å². The maximum absolute atomic E-state index is 11.2. The molecule has 0 heterocycles. The molecular weight excluding hydrogens is 558 g/mol. The van der Waals surface area contributed by atoms with Gasteiger partial charge in [-0.15, -0.1) is 0 Å². The Balaban J connectivity index is 1.71. The molecule has 12 nitrogen and oxygen atoms in total. The number of non-ortho nitro benzene ring substituents is 4. The lowest BCUT2D eigenvalue weighted by Crippen LogP contribution is -2.20. The summed E-state index contributed by atoms with van der Waals surface area (Å²) in [5, 5.41) is 48.1. The lowest BCUT2D eigenvalue weighted by molar-refractivity contribution is -0.385. The molecule has 0 bridgehead atoms. The van der Waals surface area contributed by atoms with Crippen LogP contribution in [0, 0.1) is 40.5 Å². The van der Waals surface area contributed by atoms with E-state index >= 15 is 0 Å². The second-order valence-corrected chi connectivity index (χ2v) is 13.1. The Bertz CT molecular complexity index is 1310. The van der Waals surface area contributed by atoms with Crippen molar-refractivity contribution < 1.29 is 19.7 Å². The molecule has 0 amide bonds. The monoisotopic (exact) mass is 578 g/mol. The number of hydrogen-bond acceptors (Lipinski definition) is 8. The molecule has 0 spiro atoms. The Labute approximate surface area is 229 Å². The first kappa shape index (κ1) is 28.4. The smallest absolute Gasteiger partial charge is 0.258 e. The Morgan fingerprint density at radius 2 is 0.550 bits per heavy atom. The quantitative estimate of drug-likeness (QED) is 0.137. The second-order valence-electron chi connectivity index (χ2n) is 8.40.